The van der Waals surface area contributed by atoms with Crippen molar-refractivity contribution >= 4 is 71.6 Å². The van der Waals surface area contributed by atoms with Gasteiger partial charge in [-0.25, -0.2) is 26.8 Å². The minimum atomic E-state index is -3.40. The molecule has 0 aliphatic carbocycles. The van der Waals surface area contributed by atoms with Crippen molar-refractivity contribution in [2.45, 2.75) is 78.0 Å². The molecule has 6 aromatic rings. The molecule has 8 rings (SSSR count). The van der Waals surface area contributed by atoms with Crippen LogP contribution in [0.4, 0.5) is 52.0 Å². The predicted molar refractivity (Wildman–Crippen MR) is 296 cm³/mol. The molecule has 390 valence electrons. The summed E-state index contributed by atoms with van der Waals surface area (Å²) in [5, 5.41) is 13.0. The van der Waals surface area contributed by atoms with E-state index in [0.717, 1.165) is 61.0 Å². The monoisotopic (exact) mass is 1030 g/mol. The number of likely N-dealkylation sites (N-methyl/N-ethyl adjacent to an activating group) is 1. The maximum absolute atomic E-state index is 12.8. The number of sulfone groups is 2. The van der Waals surface area contributed by atoms with E-state index in [1.165, 1.54) is 31.6 Å². The van der Waals surface area contributed by atoms with Crippen molar-refractivity contribution in [1.29, 1.82) is 0 Å². The number of likely N-dealkylation sites (tertiary alicyclic amines) is 1. The molecule has 0 radical (unpaired) electrons. The fraction of sp³-hybridized carbons (Fsp3) is 0.418. The van der Waals surface area contributed by atoms with Crippen LogP contribution in [0.1, 0.15) is 65.5 Å². The molecule has 73 heavy (non-hydrogen) atoms. The lowest BCUT2D eigenvalue weighted by Crippen LogP contribution is -2.44. The predicted octanol–water partition coefficient (Wildman–Crippen LogP) is 10.4. The molecule has 0 amide bonds. The average Bonchev–Trinajstić information content (AvgIpc) is 3.85. The number of aromatic nitrogens is 4. The Kier molecular flexibility index (Phi) is 17.7. The molecule has 4 heterocycles. The van der Waals surface area contributed by atoms with E-state index >= 15 is 0 Å². The van der Waals surface area contributed by atoms with Gasteiger partial charge in [-0.05, 0) is 143 Å². The number of nitrogens with one attached hydrogen (secondary N) is 4. The number of benzene rings is 4. The van der Waals surface area contributed by atoms with Crippen LogP contribution in [-0.2, 0) is 19.7 Å². The highest BCUT2D eigenvalue weighted by Gasteiger charge is 2.25. The Morgan fingerprint density at radius 1 is 0.562 bits per heavy atom. The third-order valence-electron chi connectivity index (χ3n) is 12.1. The van der Waals surface area contributed by atoms with Crippen molar-refractivity contribution in [2.24, 2.45) is 10.8 Å². The normalized spacial score (nSPS) is 14.8. The lowest BCUT2D eigenvalue weighted by molar-refractivity contribution is 0.238. The molecule has 0 spiro atoms. The van der Waals surface area contributed by atoms with Gasteiger partial charge in [0.25, 0.3) is 0 Å². The van der Waals surface area contributed by atoms with Crippen LogP contribution in [0.2, 0.25) is 0 Å². The van der Waals surface area contributed by atoms with Gasteiger partial charge in [0.05, 0.1) is 21.3 Å². The Bertz CT molecular complexity index is 3000. The minimum absolute atomic E-state index is 0.0757. The summed E-state index contributed by atoms with van der Waals surface area (Å²) in [5.74, 6) is 3.11. The Morgan fingerprint density at radius 2 is 1.01 bits per heavy atom. The van der Waals surface area contributed by atoms with Gasteiger partial charge in [0, 0.05) is 84.7 Å². The van der Waals surface area contributed by atoms with Gasteiger partial charge in [0.1, 0.15) is 24.0 Å². The quantitative estimate of drug-likeness (QED) is 0.0675. The first-order valence-electron chi connectivity index (χ1n) is 25.0. The van der Waals surface area contributed by atoms with Crippen molar-refractivity contribution < 1.29 is 21.6 Å². The highest BCUT2D eigenvalue weighted by molar-refractivity contribution is 7.91. The Balaban J connectivity index is 0.000000214. The lowest BCUT2D eigenvalue weighted by atomic mass is 10.0. The molecule has 0 unspecified atom stereocenters. The number of nitrogens with zero attached hydrogens (tertiary/aromatic N) is 7. The molecule has 0 bridgehead atoms. The lowest BCUT2D eigenvalue weighted by Gasteiger charge is -2.34. The summed E-state index contributed by atoms with van der Waals surface area (Å²) in [6.07, 6.45) is 6.04. The molecule has 4 N–H and O–H groups in total. The van der Waals surface area contributed by atoms with Crippen molar-refractivity contribution in [3.63, 3.8) is 0 Å². The summed E-state index contributed by atoms with van der Waals surface area (Å²) >= 11 is 0. The summed E-state index contributed by atoms with van der Waals surface area (Å²) in [5.41, 5.74) is 5.31. The summed E-state index contributed by atoms with van der Waals surface area (Å²) in [7, 11) is -4.65. The van der Waals surface area contributed by atoms with E-state index in [4.69, 9.17) is 4.74 Å². The van der Waals surface area contributed by atoms with Crippen LogP contribution in [0, 0.1) is 24.7 Å². The van der Waals surface area contributed by atoms with E-state index in [-0.39, 0.29) is 22.3 Å². The van der Waals surface area contributed by atoms with E-state index in [1.54, 1.807) is 48.8 Å². The summed E-state index contributed by atoms with van der Waals surface area (Å²) in [6, 6.07) is 29.8. The second-order valence-electron chi connectivity index (χ2n) is 21.4. The molecular formula is C55H73N11O5S2. The van der Waals surface area contributed by atoms with Gasteiger partial charge in [-0.3, -0.25) is 4.90 Å². The van der Waals surface area contributed by atoms with Gasteiger partial charge in [-0.1, -0.05) is 53.7 Å². The molecule has 0 atom stereocenters. The van der Waals surface area contributed by atoms with Crippen LogP contribution in [0.15, 0.2) is 119 Å². The number of hydrogen-bond donors (Lipinski definition) is 4. The third kappa shape index (κ3) is 16.6. The van der Waals surface area contributed by atoms with Crippen molar-refractivity contribution in [1.82, 2.24) is 29.7 Å². The maximum atomic E-state index is 12.8. The minimum Gasteiger partial charge on any atom is -0.492 e. The van der Waals surface area contributed by atoms with Crippen LogP contribution < -0.4 is 30.9 Å². The van der Waals surface area contributed by atoms with Gasteiger partial charge in [-0.2, -0.15) is 9.97 Å². The van der Waals surface area contributed by atoms with Crippen molar-refractivity contribution in [3.8, 4) is 5.75 Å². The zero-order valence-electron chi connectivity index (χ0n) is 43.9. The van der Waals surface area contributed by atoms with Crippen molar-refractivity contribution in [3.05, 3.63) is 121 Å². The second-order valence-corrected chi connectivity index (χ2v) is 25.4. The van der Waals surface area contributed by atoms with Crippen LogP contribution in [-0.4, -0.2) is 118 Å². The molecule has 2 fully saturated rings. The fourth-order valence-electron chi connectivity index (χ4n) is 8.38. The highest BCUT2D eigenvalue weighted by Crippen LogP contribution is 2.29. The largest absolute Gasteiger partial charge is 0.492 e. The number of rotatable bonds is 17. The second kappa shape index (κ2) is 23.7. The standard InChI is InChI=1S/C28H37N5O3S.C27H36N6O2S/c1-21-19-29-27(31-22-10-12-24(13-11-22)36-17-16-33-14-5-6-15-33)32-26(21)30-23-8-7-9-25(18-23)37(34,35)20-28(2,3)4;1-20-18-28-26(30-21-9-11-23(12-10-21)33-15-13-32(5)14-16-33)31-25(20)29-22-7-6-8-24(17-22)36(34,35)19-27(2,3)4/h7-13,18-19H,5-6,14-17,20H2,1-4H3,(H2,29,30,31,32);6-12,17-18H,13-16,19H2,1-5H3,(H2,28,29,30,31). The SMILES string of the molecule is Cc1cnc(Nc2ccc(N3CCN(C)CC3)cc2)nc1Nc1cccc(S(=O)(=O)CC(C)(C)C)c1.Cc1cnc(Nc2ccc(OCCN3CCCC3)cc2)nc1Nc1cccc(S(=O)(=O)CC(C)(C)C)c1. The van der Waals surface area contributed by atoms with Crippen LogP contribution in [0.5, 0.6) is 5.75 Å². The average molecular weight is 1030 g/mol. The fourth-order valence-corrected chi connectivity index (χ4v) is 12.2. The first-order valence-corrected chi connectivity index (χ1v) is 28.3. The van der Waals surface area contributed by atoms with Gasteiger partial charge >= 0.3 is 0 Å². The molecule has 2 aliphatic rings. The smallest absolute Gasteiger partial charge is 0.229 e. The summed E-state index contributed by atoms with van der Waals surface area (Å²) < 4.78 is 57.3. The van der Waals surface area contributed by atoms with Gasteiger partial charge in [0.2, 0.25) is 11.9 Å². The number of ether oxygens (including phenoxy) is 1. The molecule has 0 saturated carbocycles. The molecule has 2 aliphatic heterocycles. The van der Waals surface area contributed by atoms with E-state index in [1.807, 2.05) is 104 Å². The van der Waals surface area contributed by atoms with E-state index < -0.39 is 19.7 Å². The molecule has 2 aromatic heterocycles. The number of hydrogen-bond acceptors (Lipinski definition) is 16. The molecule has 16 nitrogen and oxygen atoms in total. The molecule has 4 aromatic carbocycles. The zero-order chi connectivity index (χ0) is 52.4. The van der Waals surface area contributed by atoms with Crippen molar-refractivity contribution in [2.75, 3.05) is 97.1 Å². The Morgan fingerprint density at radius 3 is 1.47 bits per heavy atom. The molecule has 2 saturated heterocycles. The van der Waals surface area contributed by atoms with Gasteiger partial charge < -0.3 is 35.8 Å². The van der Waals surface area contributed by atoms with Gasteiger partial charge in [0.15, 0.2) is 19.7 Å². The van der Waals surface area contributed by atoms with E-state index in [0.29, 0.717) is 51.3 Å². The highest BCUT2D eigenvalue weighted by atomic mass is 32.2. The van der Waals surface area contributed by atoms with Crippen LogP contribution >= 0.6 is 0 Å². The molecular weight excluding hydrogens is 959 g/mol. The van der Waals surface area contributed by atoms with E-state index in [9.17, 15) is 16.8 Å². The number of piperazine rings is 1. The Labute approximate surface area is 433 Å². The summed E-state index contributed by atoms with van der Waals surface area (Å²) in [4.78, 5) is 25.8. The topological polar surface area (TPSA) is 187 Å². The van der Waals surface area contributed by atoms with E-state index in [2.05, 4.69) is 75.1 Å². The Hall–Kier alpha value is -6.34. The first-order chi connectivity index (χ1) is 34.6. The van der Waals surface area contributed by atoms with Crippen LogP contribution in [0.25, 0.3) is 0 Å². The third-order valence-corrected chi connectivity index (χ3v) is 16.5. The maximum Gasteiger partial charge on any atom is 0.229 e. The molecule has 18 heteroatoms. The zero-order valence-corrected chi connectivity index (χ0v) is 45.5. The number of aryl methyl sites for hydroxylation is 2. The summed E-state index contributed by atoms with van der Waals surface area (Å²) in [6.45, 7) is 23.5. The first kappa shape index (κ1) is 54.4. The van der Waals surface area contributed by atoms with Crippen LogP contribution in [0.3, 0.4) is 0 Å². The van der Waals surface area contributed by atoms with Gasteiger partial charge in [-0.15, -0.1) is 0 Å². The number of anilines is 9.